The summed E-state index contributed by atoms with van der Waals surface area (Å²) in [6.45, 7) is 6.47. The van der Waals surface area contributed by atoms with Crippen LogP contribution in [-0.4, -0.2) is 67.4 Å². The maximum atomic E-state index is 12.1. The molecule has 0 saturated carbocycles. The fraction of sp³-hybridized carbons (Fsp3) is 0.833. The molecule has 1 aliphatic rings. The average molecular weight is 256 g/mol. The summed E-state index contributed by atoms with van der Waals surface area (Å²) in [7, 11) is 0. The zero-order valence-corrected chi connectivity index (χ0v) is 11.2. The van der Waals surface area contributed by atoms with Crippen LogP contribution in [0.25, 0.3) is 0 Å². The molecule has 6 nitrogen and oxygen atoms in total. The second-order valence-corrected chi connectivity index (χ2v) is 4.66. The van der Waals surface area contributed by atoms with Crippen LogP contribution in [-0.2, 0) is 9.59 Å². The molecule has 0 aromatic carbocycles. The van der Waals surface area contributed by atoms with Crippen LogP contribution in [0.5, 0.6) is 0 Å². The van der Waals surface area contributed by atoms with E-state index >= 15 is 0 Å². The number of piperazine rings is 1. The summed E-state index contributed by atoms with van der Waals surface area (Å²) >= 11 is 0. The van der Waals surface area contributed by atoms with E-state index in [1.54, 1.807) is 0 Å². The van der Waals surface area contributed by atoms with Crippen molar-refractivity contribution in [3.8, 4) is 0 Å². The molecule has 2 amide bonds. The summed E-state index contributed by atoms with van der Waals surface area (Å²) in [5.74, 6) is -0.284. The summed E-state index contributed by atoms with van der Waals surface area (Å²) in [6.07, 6.45) is 2.01. The van der Waals surface area contributed by atoms with Crippen molar-refractivity contribution in [2.75, 3.05) is 45.8 Å². The van der Waals surface area contributed by atoms with Gasteiger partial charge in [-0.2, -0.15) is 0 Å². The standard InChI is InChI=1S/C12H24N4O2/c1-2-3-6-15(9-11(13)17)10-12(18)16-7-4-14-5-8-16/h14H,2-10H2,1H3,(H2,13,17). The number of carbonyl (C=O) groups is 2. The first kappa shape index (κ1) is 14.9. The largest absolute Gasteiger partial charge is 0.369 e. The molecule has 0 atom stereocenters. The monoisotopic (exact) mass is 256 g/mol. The van der Waals surface area contributed by atoms with Crippen molar-refractivity contribution < 1.29 is 9.59 Å². The normalized spacial score (nSPS) is 16.0. The van der Waals surface area contributed by atoms with Crippen LogP contribution in [0, 0.1) is 0 Å². The van der Waals surface area contributed by atoms with Gasteiger partial charge in [0.1, 0.15) is 0 Å². The molecule has 1 aliphatic heterocycles. The first-order valence-corrected chi connectivity index (χ1v) is 6.62. The van der Waals surface area contributed by atoms with E-state index in [0.29, 0.717) is 6.54 Å². The van der Waals surface area contributed by atoms with Crippen LogP contribution in [0.1, 0.15) is 19.8 Å². The van der Waals surface area contributed by atoms with Crippen LogP contribution in [0.3, 0.4) is 0 Å². The summed E-state index contributed by atoms with van der Waals surface area (Å²) in [5.41, 5.74) is 5.20. The van der Waals surface area contributed by atoms with Crippen LogP contribution < -0.4 is 11.1 Å². The summed E-state index contributed by atoms with van der Waals surface area (Å²) in [6, 6.07) is 0. The smallest absolute Gasteiger partial charge is 0.236 e. The van der Waals surface area contributed by atoms with Gasteiger partial charge in [0.2, 0.25) is 11.8 Å². The first-order chi connectivity index (χ1) is 8.63. The summed E-state index contributed by atoms with van der Waals surface area (Å²) in [5, 5.41) is 3.21. The van der Waals surface area contributed by atoms with Crippen molar-refractivity contribution in [3.05, 3.63) is 0 Å². The number of nitrogens with zero attached hydrogens (tertiary/aromatic N) is 2. The zero-order valence-electron chi connectivity index (χ0n) is 11.2. The Hall–Kier alpha value is -1.14. The molecule has 0 aromatic rings. The predicted octanol–water partition coefficient (Wildman–Crippen LogP) is -0.994. The molecule has 0 radical (unpaired) electrons. The van der Waals surface area contributed by atoms with E-state index < -0.39 is 0 Å². The van der Waals surface area contributed by atoms with E-state index in [9.17, 15) is 9.59 Å². The highest BCUT2D eigenvalue weighted by Gasteiger charge is 2.19. The molecule has 0 unspecified atom stereocenters. The van der Waals surface area contributed by atoms with E-state index in [0.717, 1.165) is 45.6 Å². The lowest BCUT2D eigenvalue weighted by molar-refractivity contribution is -0.133. The highest BCUT2D eigenvalue weighted by molar-refractivity contribution is 5.80. The predicted molar refractivity (Wildman–Crippen MR) is 70.0 cm³/mol. The summed E-state index contributed by atoms with van der Waals surface area (Å²) in [4.78, 5) is 26.7. The molecule has 1 fully saturated rings. The second kappa shape index (κ2) is 8.05. The average Bonchev–Trinajstić information content (AvgIpc) is 2.36. The van der Waals surface area contributed by atoms with Gasteiger partial charge in [0.05, 0.1) is 13.1 Å². The van der Waals surface area contributed by atoms with Crippen molar-refractivity contribution >= 4 is 11.8 Å². The van der Waals surface area contributed by atoms with Crippen molar-refractivity contribution in [1.82, 2.24) is 15.1 Å². The molecule has 1 saturated heterocycles. The molecule has 3 N–H and O–H groups in total. The topological polar surface area (TPSA) is 78.7 Å². The Kier molecular flexibility index (Phi) is 6.67. The quantitative estimate of drug-likeness (QED) is 0.613. The van der Waals surface area contributed by atoms with Crippen molar-refractivity contribution in [1.29, 1.82) is 0 Å². The van der Waals surface area contributed by atoms with E-state index in [4.69, 9.17) is 5.73 Å². The fourth-order valence-electron chi connectivity index (χ4n) is 2.02. The maximum Gasteiger partial charge on any atom is 0.236 e. The number of nitrogens with one attached hydrogen (secondary N) is 1. The number of unbranched alkanes of at least 4 members (excludes halogenated alkanes) is 1. The Labute approximate surface area is 108 Å². The van der Waals surface area contributed by atoms with Crippen molar-refractivity contribution in [2.24, 2.45) is 5.73 Å². The van der Waals surface area contributed by atoms with Crippen LogP contribution in [0.4, 0.5) is 0 Å². The van der Waals surface area contributed by atoms with Gasteiger partial charge in [-0.1, -0.05) is 13.3 Å². The number of primary amides is 1. The lowest BCUT2D eigenvalue weighted by Crippen LogP contribution is -2.50. The molecular weight excluding hydrogens is 232 g/mol. The Bertz CT molecular complexity index is 277. The minimum atomic E-state index is -0.376. The zero-order chi connectivity index (χ0) is 13.4. The second-order valence-electron chi connectivity index (χ2n) is 4.66. The van der Waals surface area contributed by atoms with Gasteiger partial charge in [0, 0.05) is 26.2 Å². The van der Waals surface area contributed by atoms with E-state index in [2.05, 4.69) is 12.2 Å². The molecule has 0 bridgehead atoms. The van der Waals surface area contributed by atoms with E-state index in [1.807, 2.05) is 9.80 Å². The molecule has 6 heteroatoms. The molecule has 0 aromatic heterocycles. The van der Waals surface area contributed by atoms with Crippen LogP contribution in [0.2, 0.25) is 0 Å². The number of nitrogens with two attached hydrogens (primary N) is 1. The third-order valence-electron chi connectivity index (χ3n) is 3.04. The number of rotatable bonds is 7. The minimum absolute atomic E-state index is 0.0915. The van der Waals surface area contributed by atoms with Gasteiger partial charge in [0.25, 0.3) is 0 Å². The Balaban J connectivity index is 2.41. The lowest BCUT2D eigenvalue weighted by Gasteiger charge is -2.30. The molecule has 1 heterocycles. The third-order valence-corrected chi connectivity index (χ3v) is 3.04. The van der Waals surface area contributed by atoms with Gasteiger partial charge in [-0.05, 0) is 13.0 Å². The lowest BCUT2D eigenvalue weighted by atomic mass is 10.3. The Morgan fingerprint density at radius 3 is 2.50 bits per heavy atom. The molecule has 104 valence electrons. The van der Waals surface area contributed by atoms with Gasteiger partial charge in [-0.3, -0.25) is 14.5 Å². The Morgan fingerprint density at radius 2 is 1.94 bits per heavy atom. The number of hydrogen-bond donors (Lipinski definition) is 2. The van der Waals surface area contributed by atoms with E-state index in [-0.39, 0.29) is 18.4 Å². The Morgan fingerprint density at radius 1 is 1.28 bits per heavy atom. The highest BCUT2D eigenvalue weighted by Crippen LogP contribution is 1.99. The van der Waals surface area contributed by atoms with Gasteiger partial charge in [0.15, 0.2) is 0 Å². The molecular formula is C12H24N4O2. The third kappa shape index (κ3) is 5.46. The summed E-state index contributed by atoms with van der Waals surface area (Å²) < 4.78 is 0. The van der Waals surface area contributed by atoms with Gasteiger partial charge in [-0.25, -0.2) is 0 Å². The SMILES string of the molecule is CCCCN(CC(N)=O)CC(=O)N1CCNCC1. The van der Waals surface area contributed by atoms with Crippen molar-refractivity contribution in [2.45, 2.75) is 19.8 Å². The molecule has 0 aliphatic carbocycles. The van der Waals surface area contributed by atoms with Gasteiger partial charge >= 0.3 is 0 Å². The maximum absolute atomic E-state index is 12.1. The highest BCUT2D eigenvalue weighted by atomic mass is 16.2. The van der Waals surface area contributed by atoms with E-state index in [1.165, 1.54) is 0 Å². The first-order valence-electron chi connectivity index (χ1n) is 6.62. The van der Waals surface area contributed by atoms with Crippen LogP contribution in [0.15, 0.2) is 0 Å². The molecule has 0 spiro atoms. The molecule has 1 rings (SSSR count). The number of carbonyl (C=O) groups excluding carboxylic acids is 2. The van der Waals surface area contributed by atoms with Gasteiger partial charge in [-0.15, -0.1) is 0 Å². The molecule has 18 heavy (non-hydrogen) atoms. The van der Waals surface area contributed by atoms with Gasteiger partial charge < -0.3 is 16.0 Å². The number of amides is 2. The number of hydrogen-bond acceptors (Lipinski definition) is 4. The fourth-order valence-corrected chi connectivity index (χ4v) is 2.02. The van der Waals surface area contributed by atoms with Crippen LogP contribution >= 0.6 is 0 Å². The minimum Gasteiger partial charge on any atom is -0.369 e. The van der Waals surface area contributed by atoms with Crippen molar-refractivity contribution in [3.63, 3.8) is 0 Å².